The van der Waals surface area contributed by atoms with Crippen LogP contribution in [-0.2, 0) is 6.54 Å². The van der Waals surface area contributed by atoms with Crippen molar-refractivity contribution in [3.63, 3.8) is 0 Å². The van der Waals surface area contributed by atoms with E-state index in [1.807, 2.05) is 36.4 Å². The van der Waals surface area contributed by atoms with E-state index >= 15 is 0 Å². The summed E-state index contributed by atoms with van der Waals surface area (Å²) in [6, 6.07) is 10.6. The van der Waals surface area contributed by atoms with Crippen LogP contribution in [0.5, 0.6) is 0 Å². The van der Waals surface area contributed by atoms with Crippen LogP contribution in [0.25, 0.3) is 11.3 Å². The molecule has 7 heteroatoms. The number of nitriles is 1. The lowest BCUT2D eigenvalue weighted by Crippen LogP contribution is -2.52. The average molecular weight is 495 g/mol. The molecule has 0 bridgehead atoms. The highest BCUT2D eigenvalue weighted by Gasteiger charge is 2.37. The normalized spacial score (nSPS) is 26.8. The second-order valence-corrected chi connectivity index (χ2v) is 10.5. The second-order valence-electron chi connectivity index (χ2n) is 10.1. The fourth-order valence-electron chi connectivity index (χ4n) is 5.64. The minimum absolute atomic E-state index is 0.168. The van der Waals surface area contributed by atoms with E-state index in [1.165, 1.54) is 0 Å². The van der Waals surface area contributed by atoms with Crippen molar-refractivity contribution in [1.82, 2.24) is 15.4 Å². The third-order valence-corrected chi connectivity index (χ3v) is 7.92. The Labute approximate surface area is 211 Å². The third kappa shape index (κ3) is 4.90. The van der Waals surface area contributed by atoms with Gasteiger partial charge >= 0.3 is 0 Å². The fraction of sp³-hybridized carbons (Fsp3) is 0.500. The van der Waals surface area contributed by atoms with Gasteiger partial charge in [0, 0.05) is 48.1 Å². The van der Waals surface area contributed by atoms with E-state index in [2.05, 4.69) is 35.3 Å². The van der Waals surface area contributed by atoms with Crippen LogP contribution in [-0.4, -0.2) is 28.2 Å². The van der Waals surface area contributed by atoms with Crippen molar-refractivity contribution in [1.29, 1.82) is 5.26 Å². The number of piperidine rings is 1. The molecular formula is C28H32ClFN4O. The molecule has 184 valence electrons. The largest absolute Gasteiger partial charge is 0.364 e. The van der Waals surface area contributed by atoms with Crippen LogP contribution in [0.4, 0.5) is 4.39 Å². The van der Waals surface area contributed by atoms with Gasteiger partial charge in [-0.05, 0) is 51.2 Å². The molecule has 1 saturated heterocycles. The SMILES string of the molecule is CCC1CC(NCc2c(-c3ccccc3Cl)noc2C2CC2)CC(C)N1C1=C(F)CC(C#N)C=C1. The van der Waals surface area contributed by atoms with Gasteiger partial charge in [0.1, 0.15) is 17.3 Å². The van der Waals surface area contributed by atoms with Crippen LogP contribution in [0.2, 0.25) is 5.02 Å². The molecule has 1 aromatic heterocycles. The predicted molar refractivity (Wildman–Crippen MR) is 135 cm³/mol. The smallest absolute Gasteiger partial charge is 0.144 e. The Morgan fingerprint density at radius 1 is 1.29 bits per heavy atom. The lowest BCUT2D eigenvalue weighted by molar-refractivity contribution is 0.105. The van der Waals surface area contributed by atoms with E-state index in [-0.39, 0.29) is 30.2 Å². The zero-order valence-electron chi connectivity index (χ0n) is 20.3. The first-order valence-electron chi connectivity index (χ1n) is 12.7. The first-order valence-corrected chi connectivity index (χ1v) is 13.1. The van der Waals surface area contributed by atoms with E-state index < -0.39 is 0 Å². The van der Waals surface area contributed by atoms with Gasteiger partial charge in [0.25, 0.3) is 0 Å². The van der Waals surface area contributed by atoms with Crippen molar-refractivity contribution in [2.45, 2.75) is 83.0 Å². The van der Waals surface area contributed by atoms with Gasteiger partial charge in [-0.2, -0.15) is 5.26 Å². The Morgan fingerprint density at radius 2 is 2.09 bits per heavy atom. The number of hydrogen-bond acceptors (Lipinski definition) is 5. The van der Waals surface area contributed by atoms with Gasteiger partial charge < -0.3 is 14.7 Å². The number of benzene rings is 1. The van der Waals surface area contributed by atoms with E-state index in [9.17, 15) is 4.39 Å². The van der Waals surface area contributed by atoms with Crippen molar-refractivity contribution < 1.29 is 8.91 Å². The van der Waals surface area contributed by atoms with E-state index in [0.717, 1.165) is 54.7 Å². The van der Waals surface area contributed by atoms with Gasteiger partial charge in [-0.1, -0.05) is 48.0 Å². The number of rotatable bonds is 7. The molecule has 5 nitrogen and oxygen atoms in total. The molecule has 35 heavy (non-hydrogen) atoms. The van der Waals surface area contributed by atoms with Crippen LogP contribution in [0.1, 0.15) is 69.6 Å². The van der Waals surface area contributed by atoms with Crippen LogP contribution in [0, 0.1) is 17.2 Å². The number of aromatic nitrogens is 1. The molecule has 0 radical (unpaired) electrons. The van der Waals surface area contributed by atoms with Gasteiger partial charge in [-0.25, -0.2) is 4.39 Å². The van der Waals surface area contributed by atoms with Crippen molar-refractivity contribution in [3.8, 4) is 17.3 Å². The third-order valence-electron chi connectivity index (χ3n) is 7.59. The molecule has 2 fully saturated rings. The Morgan fingerprint density at radius 3 is 2.77 bits per heavy atom. The first kappa shape index (κ1) is 24.1. The number of nitrogens with one attached hydrogen (secondary N) is 1. The Hall–Kier alpha value is -2.62. The standard InChI is InChI=1S/C28H32ClFN4O/c1-3-21-14-20(12-17(2)34(21)26-11-8-18(15-31)13-25(26)30)32-16-23-27(22-6-4-5-7-24(22)29)33-35-28(23)19-9-10-19/h4-8,11,17-21,32H,3,9-10,12-14,16H2,1-2H3. The topological polar surface area (TPSA) is 65.1 Å². The summed E-state index contributed by atoms with van der Waals surface area (Å²) in [5.41, 5.74) is 3.49. The molecule has 4 unspecified atom stereocenters. The van der Waals surface area contributed by atoms with Crippen LogP contribution < -0.4 is 5.32 Å². The van der Waals surface area contributed by atoms with Crippen LogP contribution in [0.15, 0.2) is 52.5 Å². The molecule has 0 spiro atoms. The van der Waals surface area contributed by atoms with Gasteiger partial charge in [0.05, 0.1) is 22.7 Å². The number of allylic oxidation sites excluding steroid dienone is 3. The molecule has 0 amide bonds. The average Bonchev–Trinajstić information content (AvgIpc) is 3.62. The van der Waals surface area contributed by atoms with Crippen molar-refractivity contribution >= 4 is 11.6 Å². The highest BCUT2D eigenvalue weighted by Crippen LogP contribution is 2.45. The molecule has 3 aliphatic rings. The maximum atomic E-state index is 14.9. The van der Waals surface area contributed by atoms with Gasteiger partial charge in [-0.3, -0.25) is 0 Å². The highest BCUT2D eigenvalue weighted by atomic mass is 35.5. The van der Waals surface area contributed by atoms with Crippen molar-refractivity contribution in [2.75, 3.05) is 0 Å². The maximum Gasteiger partial charge on any atom is 0.144 e. The molecule has 5 rings (SSSR count). The summed E-state index contributed by atoms with van der Waals surface area (Å²) in [7, 11) is 0. The van der Waals surface area contributed by atoms with Crippen molar-refractivity contribution in [3.05, 3.63) is 64.3 Å². The predicted octanol–water partition coefficient (Wildman–Crippen LogP) is 6.87. The molecule has 1 N–H and O–H groups in total. The lowest BCUT2D eigenvalue weighted by atomic mass is 9.88. The fourth-order valence-corrected chi connectivity index (χ4v) is 5.86. The monoisotopic (exact) mass is 494 g/mol. The van der Waals surface area contributed by atoms with E-state index in [4.69, 9.17) is 21.4 Å². The quantitative estimate of drug-likeness (QED) is 0.454. The Bertz CT molecular complexity index is 1180. The number of hydrogen-bond donors (Lipinski definition) is 1. The molecule has 1 aliphatic heterocycles. The highest BCUT2D eigenvalue weighted by molar-refractivity contribution is 6.33. The Balaban J connectivity index is 1.33. The molecule has 1 saturated carbocycles. The summed E-state index contributed by atoms with van der Waals surface area (Å²) in [6.07, 6.45) is 8.87. The second kappa shape index (κ2) is 10.2. The molecular weight excluding hydrogens is 463 g/mol. The molecule has 2 aromatic rings. The van der Waals surface area contributed by atoms with E-state index in [1.54, 1.807) is 0 Å². The number of nitrogens with zero attached hydrogens (tertiary/aromatic N) is 3. The number of halogens is 2. The van der Waals surface area contributed by atoms with Crippen LogP contribution in [0.3, 0.4) is 0 Å². The minimum atomic E-state index is -0.370. The summed E-state index contributed by atoms with van der Waals surface area (Å²) in [5, 5.41) is 18.0. The summed E-state index contributed by atoms with van der Waals surface area (Å²) in [5.74, 6) is 0.894. The Kier molecular flexibility index (Phi) is 7.00. The summed E-state index contributed by atoms with van der Waals surface area (Å²) in [6.45, 7) is 5.01. The lowest BCUT2D eigenvalue weighted by Gasteiger charge is -2.46. The van der Waals surface area contributed by atoms with Crippen molar-refractivity contribution in [2.24, 2.45) is 5.92 Å². The van der Waals surface area contributed by atoms with E-state index in [0.29, 0.717) is 29.2 Å². The minimum Gasteiger partial charge on any atom is -0.364 e. The molecule has 2 heterocycles. The summed E-state index contributed by atoms with van der Waals surface area (Å²) < 4.78 is 20.8. The zero-order chi connectivity index (χ0) is 24.5. The number of likely N-dealkylation sites (tertiary alicyclic amines) is 1. The maximum absolute atomic E-state index is 14.9. The molecule has 2 aliphatic carbocycles. The summed E-state index contributed by atoms with van der Waals surface area (Å²) >= 11 is 6.50. The van der Waals surface area contributed by atoms with Gasteiger partial charge in [-0.15, -0.1) is 0 Å². The van der Waals surface area contributed by atoms with Gasteiger partial charge in [0.2, 0.25) is 0 Å². The summed E-state index contributed by atoms with van der Waals surface area (Å²) in [4.78, 5) is 2.24. The molecule has 1 aromatic carbocycles. The zero-order valence-corrected chi connectivity index (χ0v) is 21.1. The van der Waals surface area contributed by atoms with Gasteiger partial charge in [0.15, 0.2) is 0 Å². The van der Waals surface area contributed by atoms with Crippen LogP contribution >= 0.6 is 11.6 Å². The first-order chi connectivity index (χ1) is 17.0. The molecule has 4 atom stereocenters.